The van der Waals surface area contributed by atoms with E-state index in [0.29, 0.717) is 39.0 Å². The number of hydrogen-bond acceptors (Lipinski definition) is 5. The van der Waals surface area contributed by atoms with Crippen LogP contribution in [0.1, 0.15) is 29.9 Å². The molecule has 0 saturated heterocycles. The van der Waals surface area contributed by atoms with Crippen LogP contribution in [-0.2, 0) is 6.54 Å². The summed E-state index contributed by atoms with van der Waals surface area (Å²) in [7, 11) is 0. The van der Waals surface area contributed by atoms with Gasteiger partial charge in [-0.05, 0) is 55.2 Å². The lowest BCUT2D eigenvalue weighted by Gasteiger charge is -2.19. The summed E-state index contributed by atoms with van der Waals surface area (Å²) in [5, 5.41) is 20.2. The second kappa shape index (κ2) is 12.7. The van der Waals surface area contributed by atoms with Gasteiger partial charge in [0.15, 0.2) is 0 Å². The van der Waals surface area contributed by atoms with Gasteiger partial charge in [0.1, 0.15) is 18.4 Å². The summed E-state index contributed by atoms with van der Waals surface area (Å²) in [6.45, 7) is 3.12. The maximum Gasteiger partial charge on any atom is 0.291 e. The quantitative estimate of drug-likeness (QED) is 0.206. The minimum absolute atomic E-state index is 0.150. The minimum Gasteiger partial charge on any atom is -0.492 e. The summed E-state index contributed by atoms with van der Waals surface area (Å²) >= 11 is 24.7. The van der Waals surface area contributed by atoms with Crippen LogP contribution in [0.5, 0.6) is 5.75 Å². The highest BCUT2D eigenvalue weighted by molar-refractivity contribution is 6.36. The normalized spacial score (nSPS) is 11.4. The van der Waals surface area contributed by atoms with Crippen molar-refractivity contribution in [1.29, 1.82) is 0 Å². The lowest BCUT2D eigenvalue weighted by molar-refractivity contribution is -0.742. The van der Waals surface area contributed by atoms with Gasteiger partial charge < -0.3 is 9.94 Å². The number of rotatable bonds is 8. The lowest BCUT2D eigenvalue weighted by atomic mass is 9.94. The molecule has 32 heavy (non-hydrogen) atoms. The predicted molar refractivity (Wildman–Crippen MR) is 124 cm³/mol. The third-order valence-corrected chi connectivity index (χ3v) is 5.48. The third-order valence-electron chi connectivity index (χ3n) is 4.41. The molecule has 0 radical (unpaired) electrons. The van der Waals surface area contributed by atoms with Crippen molar-refractivity contribution in [2.75, 3.05) is 6.61 Å². The van der Waals surface area contributed by atoms with Crippen LogP contribution in [0.4, 0.5) is 0 Å². The van der Waals surface area contributed by atoms with Crippen LogP contribution in [-0.4, -0.2) is 31.7 Å². The number of halogens is 4. The molecule has 1 unspecified atom stereocenters. The first-order valence-corrected chi connectivity index (χ1v) is 10.9. The topological polar surface area (TPSA) is 103 Å². The summed E-state index contributed by atoms with van der Waals surface area (Å²) in [6.07, 6.45) is 4.89. The Morgan fingerprint density at radius 2 is 1.84 bits per heavy atom. The summed E-state index contributed by atoms with van der Waals surface area (Å²) < 4.78 is 7.72. The van der Waals surface area contributed by atoms with E-state index < -0.39 is 5.09 Å². The lowest BCUT2D eigenvalue weighted by Crippen LogP contribution is -2.12. The molecule has 1 atom stereocenters. The Labute approximate surface area is 204 Å². The molecular formula is C20H20Cl4N4O4. The number of hydrogen-bond donors (Lipinski definition) is 1. The number of ether oxygens (including phenoxy) is 1. The van der Waals surface area contributed by atoms with Crippen LogP contribution in [0.25, 0.3) is 0 Å². The molecule has 1 heterocycles. The maximum absolute atomic E-state index is 8.36. The SMILES string of the molecule is Cc1cc(Cl)cc(Cl)c1OCCCC(Cn1cncn1)c1ccc(Cl)cc1Cl.O=[N+]([O-])O. The molecule has 0 bridgehead atoms. The van der Waals surface area contributed by atoms with Gasteiger partial charge in [-0.15, -0.1) is 10.1 Å². The van der Waals surface area contributed by atoms with Crippen molar-refractivity contribution in [3.63, 3.8) is 0 Å². The Kier molecular flexibility index (Phi) is 10.3. The highest BCUT2D eigenvalue weighted by atomic mass is 35.5. The van der Waals surface area contributed by atoms with E-state index in [4.69, 9.17) is 66.5 Å². The summed E-state index contributed by atoms with van der Waals surface area (Å²) in [6, 6.07) is 9.11. The molecule has 1 N–H and O–H groups in total. The van der Waals surface area contributed by atoms with Gasteiger partial charge in [0.2, 0.25) is 0 Å². The molecule has 3 rings (SSSR count). The number of aromatic nitrogens is 3. The van der Waals surface area contributed by atoms with Gasteiger partial charge in [-0.25, -0.2) is 4.98 Å². The Morgan fingerprint density at radius 3 is 2.44 bits per heavy atom. The van der Waals surface area contributed by atoms with Gasteiger partial charge in [0.25, 0.3) is 5.09 Å². The van der Waals surface area contributed by atoms with Crippen LogP contribution in [0.15, 0.2) is 43.0 Å². The zero-order valence-electron chi connectivity index (χ0n) is 16.9. The van der Waals surface area contributed by atoms with E-state index in [-0.39, 0.29) is 5.92 Å². The van der Waals surface area contributed by atoms with Crippen molar-refractivity contribution in [1.82, 2.24) is 14.8 Å². The van der Waals surface area contributed by atoms with Crippen molar-refractivity contribution in [3.8, 4) is 5.75 Å². The molecule has 0 fully saturated rings. The highest BCUT2D eigenvalue weighted by Crippen LogP contribution is 2.34. The van der Waals surface area contributed by atoms with Gasteiger partial charge in [0, 0.05) is 27.5 Å². The van der Waals surface area contributed by atoms with Crippen molar-refractivity contribution in [2.45, 2.75) is 32.2 Å². The first kappa shape index (κ1) is 26.0. The second-order valence-electron chi connectivity index (χ2n) is 6.74. The van der Waals surface area contributed by atoms with Crippen molar-refractivity contribution < 1.29 is 15.0 Å². The Hall–Kier alpha value is -2.26. The van der Waals surface area contributed by atoms with Crippen LogP contribution in [0.3, 0.4) is 0 Å². The fourth-order valence-corrected chi connectivity index (χ4v) is 4.32. The molecule has 172 valence electrons. The number of aryl methyl sites for hydroxylation is 1. The van der Waals surface area contributed by atoms with Gasteiger partial charge in [-0.1, -0.05) is 52.5 Å². The molecule has 0 aliphatic heterocycles. The number of benzene rings is 2. The zero-order valence-corrected chi connectivity index (χ0v) is 19.9. The van der Waals surface area contributed by atoms with Gasteiger partial charge >= 0.3 is 0 Å². The molecule has 1 aromatic heterocycles. The molecule has 2 aromatic carbocycles. The molecule has 0 amide bonds. The van der Waals surface area contributed by atoms with E-state index in [1.807, 2.05) is 25.1 Å². The van der Waals surface area contributed by atoms with E-state index >= 15 is 0 Å². The van der Waals surface area contributed by atoms with E-state index in [0.717, 1.165) is 24.0 Å². The molecule has 0 saturated carbocycles. The highest BCUT2D eigenvalue weighted by Gasteiger charge is 2.17. The fraction of sp³-hybridized carbons (Fsp3) is 0.300. The van der Waals surface area contributed by atoms with Crippen molar-refractivity contribution in [2.24, 2.45) is 0 Å². The molecular weight excluding hydrogens is 502 g/mol. The summed E-state index contributed by atoms with van der Waals surface area (Å²) in [5.41, 5.74) is 1.94. The predicted octanol–water partition coefficient (Wildman–Crippen LogP) is 6.50. The third kappa shape index (κ3) is 8.35. The molecule has 0 spiro atoms. The van der Waals surface area contributed by atoms with E-state index in [1.165, 1.54) is 6.33 Å². The van der Waals surface area contributed by atoms with Crippen LogP contribution in [0, 0.1) is 17.0 Å². The van der Waals surface area contributed by atoms with E-state index in [2.05, 4.69) is 10.1 Å². The smallest absolute Gasteiger partial charge is 0.291 e. The van der Waals surface area contributed by atoms with E-state index in [1.54, 1.807) is 23.1 Å². The molecule has 0 aliphatic rings. The number of nitrogens with zero attached hydrogens (tertiary/aromatic N) is 4. The standard InChI is InChI=1S/C20H19Cl4N3O.HNO3/c1-13-7-16(22)9-19(24)20(13)28-6-2-3-14(10-27-12-25-11-26-27)17-5-4-15(21)8-18(17)23;2-1(3)4/h4-5,7-9,11-12,14H,2-3,6,10H2,1H3;(H,2,3,4). The fourth-order valence-electron chi connectivity index (χ4n) is 3.11. The van der Waals surface area contributed by atoms with Gasteiger partial charge in [-0.2, -0.15) is 5.10 Å². The van der Waals surface area contributed by atoms with Crippen LogP contribution in [0.2, 0.25) is 20.1 Å². The van der Waals surface area contributed by atoms with Crippen LogP contribution >= 0.6 is 46.4 Å². The van der Waals surface area contributed by atoms with Crippen molar-refractivity contribution in [3.05, 3.63) is 84.3 Å². The molecule has 8 nitrogen and oxygen atoms in total. The maximum atomic E-state index is 8.36. The Balaban J connectivity index is 0.000000837. The zero-order chi connectivity index (χ0) is 23.7. The Morgan fingerprint density at radius 1 is 1.16 bits per heavy atom. The summed E-state index contributed by atoms with van der Waals surface area (Å²) in [5.74, 6) is 0.820. The summed E-state index contributed by atoms with van der Waals surface area (Å²) in [4.78, 5) is 12.4. The van der Waals surface area contributed by atoms with Gasteiger partial charge in [-0.3, -0.25) is 4.68 Å². The monoisotopic (exact) mass is 520 g/mol. The van der Waals surface area contributed by atoms with E-state index in [9.17, 15) is 0 Å². The first-order valence-electron chi connectivity index (χ1n) is 9.36. The average molecular weight is 522 g/mol. The van der Waals surface area contributed by atoms with Gasteiger partial charge in [0.05, 0.1) is 11.6 Å². The first-order chi connectivity index (χ1) is 15.2. The molecule has 0 aliphatic carbocycles. The van der Waals surface area contributed by atoms with Crippen LogP contribution < -0.4 is 4.74 Å². The van der Waals surface area contributed by atoms with Crippen molar-refractivity contribution >= 4 is 46.4 Å². The molecule has 3 aromatic rings. The average Bonchev–Trinajstić information content (AvgIpc) is 3.18. The second-order valence-corrected chi connectivity index (χ2v) is 8.43. The molecule has 12 heteroatoms. The minimum atomic E-state index is -1.50. The Bertz CT molecular complexity index is 1010. The largest absolute Gasteiger partial charge is 0.492 e.